The van der Waals surface area contributed by atoms with Gasteiger partial charge in [-0.1, -0.05) is 42.0 Å². The Bertz CT molecular complexity index is 1140. The monoisotopic (exact) mass is 448 g/mol. The van der Waals surface area contributed by atoms with Gasteiger partial charge in [0.15, 0.2) is 5.78 Å². The van der Waals surface area contributed by atoms with Gasteiger partial charge in [-0.3, -0.25) is 9.59 Å². The molecule has 6 heteroatoms. The molecule has 0 radical (unpaired) electrons. The number of aliphatic hydroxyl groups is 1. The minimum atomic E-state index is -1.00. The van der Waals surface area contributed by atoms with E-state index < -0.39 is 11.6 Å². The highest BCUT2D eigenvalue weighted by Gasteiger charge is 2.48. The largest absolute Gasteiger partial charge is 0.391 e. The number of aryl methyl sites for hydroxylation is 3. The Morgan fingerprint density at radius 1 is 1.19 bits per heavy atom. The summed E-state index contributed by atoms with van der Waals surface area (Å²) in [6.45, 7) is 5.90. The first-order chi connectivity index (χ1) is 15.3. The fourth-order valence-corrected chi connectivity index (χ4v) is 5.29. The Hall–Kier alpha value is -2.83. The standard InChI is InChI=1S/C26H28N2O3S/c1-17-5-4-6-21(13-17)25(31)28-15-22(29)14-26(28,3)23(30)12-9-19-7-10-20(11-8-19)24-18(2)27-16-32-24/h4-8,10-11,13,16,22,29H,9,12,14-15H2,1-3H3/t22-,26?/m1/s1. The number of hydrogen-bond donors (Lipinski definition) is 1. The number of hydrogen-bond acceptors (Lipinski definition) is 5. The van der Waals surface area contributed by atoms with E-state index in [1.807, 2.05) is 49.7 Å². The molecule has 0 bridgehead atoms. The van der Waals surface area contributed by atoms with E-state index in [4.69, 9.17) is 0 Å². The van der Waals surface area contributed by atoms with Crippen LogP contribution in [0.4, 0.5) is 0 Å². The molecule has 4 rings (SSSR count). The van der Waals surface area contributed by atoms with Gasteiger partial charge in [0.05, 0.1) is 22.2 Å². The van der Waals surface area contributed by atoms with E-state index in [0.29, 0.717) is 18.4 Å². The Morgan fingerprint density at radius 2 is 1.94 bits per heavy atom. The van der Waals surface area contributed by atoms with Gasteiger partial charge in [0, 0.05) is 24.9 Å². The van der Waals surface area contributed by atoms with Gasteiger partial charge in [0.1, 0.15) is 5.54 Å². The van der Waals surface area contributed by atoms with Crippen LogP contribution in [0.5, 0.6) is 0 Å². The molecule has 1 amide bonds. The number of carbonyl (C=O) groups is 2. The summed E-state index contributed by atoms with van der Waals surface area (Å²) in [5.74, 6) is -0.220. The van der Waals surface area contributed by atoms with Crippen LogP contribution in [-0.4, -0.2) is 44.9 Å². The summed E-state index contributed by atoms with van der Waals surface area (Å²) in [6.07, 6.45) is 0.491. The van der Waals surface area contributed by atoms with E-state index in [1.165, 1.54) is 0 Å². The third kappa shape index (κ3) is 4.38. The zero-order valence-electron chi connectivity index (χ0n) is 18.7. The van der Waals surface area contributed by atoms with Crippen LogP contribution < -0.4 is 0 Å². The molecule has 0 spiro atoms. The second-order valence-corrected chi connectivity index (χ2v) is 9.66. The van der Waals surface area contributed by atoms with Crippen LogP contribution in [0.1, 0.15) is 46.9 Å². The lowest BCUT2D eigenvalue weighted by molar-refractivity contribution is -0.127. The molecule has 3 aromatic rings. The molecule has 1 saturated heterocycles. The lowest BCUT2D eigenvalue weighted by Crippen LogP contribution is -2.51. The normalized spacial score (nSPS) is 20.5. The predicted molar refractivity (Wildman–Crippen MR) is 127 cm³/mol. The Labute approximate surface area is 192 Å². The van der Waals surface area contributed by atoms with E-state index in [9.17, 15) is 14.7 Å². The van der Waals surface area contributed by atoms with Gasteiger partial charge in [-0.05, 0) is 50.5 Å². The van der Waals surface area contributed by atoms with Gasteiger partial charge in [-0.15, -0.1) is 11.3 Å². The van der Waals surface area contributed by atoms with Crippen LogP contribution in [0.2, 0.25) is 0 Å². The van der Waals surface area contributed by atoms with Crippen molar-refractivity contribution >= 4 is 23.0 Å². The number of carbonyl (C=O) groups excluding carboxylic acids is 2. The van der Waals surface area contributed by atoms with Gasteiger partial charge in [0.25, 0.3) is 5.91 Å². The van der Waals surface area contributed by atoms with Crippen molar-refractivity contribution < 1.29 is 14.7 Å². The number of aliphatic hydroxyl groups excluding tert-OH is 1. The maximum atomic E-state index is 13.3. The SMILES string of the molecule is Cc1cccc(C(=O)N2C[C@H](O)CC2(C)C(=O)CCc2ccc(-c3scnc3C)cc2)c1. The molecule has 0 saturated carbocycles. The maximum Gasteiger partial charge on any atom is 0.254 e. The highest BCUT2D eigenvalue weighted by atomic mass is 32.1. The van der Waals surface area contributed by atoms with Gasteiger partial charge in [-0.2, -0.15) is 0 Å². The first-order valence-electron chi connectivity index (χ1n) is 10.9. The van der Waals surface area contributed by atoms with Gasteiger partial charge in [0.2, 0.25) is 0 Å². The number of benzene rings is 2. The van der Waals surface area contributed by atoms with E-state index >= 15 is 0 Å². The average Bonchev–Trinajstić information content (AvgIpc) is 3.34. The highest BCUT2D eigenvalue weighted by molar-refractivity contribution is 7.13. The molecule has 166 valence electrons. The van der Waals surface area contributed by atoms with Crippen molar-refractivity contribution in [2.24, 2.45) is 0 Å². The average molecular weight is 449 g/mol. The molecular weight excluding hydrogens is 420 g/mol. The molecule has 1 aliphatic rings. The summed E-state index contributed by atoms with van der Waals surface area (Å²) in [5.41, 5.74) is 5.60. The Morgan fingerprint density at radius 3 is 2.59 bits per heavy atom. The molecule has 2 aromatic carbocycles. The first kappa shape index (κ1) is 22.4. The molecule has 32 heavy (non-hydrogen) atoms. The fourth-order valence-electron chi connectivity index (χ4n) is 4.48. The molecule has 1 unspecified atom stereocenters. The van der Waals surface area contributed by atoms with E-state index in [0.717, 1.165) is 27.3 Å². The van der Waals surface area contributed by atoms with Crippen LogP contribution in [-0.2, 0) is 11.2 Å². The van der Waals surface area contributed by atoms with Crippen molar-refractivity contribution in [1.29, 1.82) is 0 Å². The molecule has 1 aliphatic heterocycles. The number of likely N-dealkylation sites (tertiary alicyclic amines) is 1. The first-order valence-corrected chi connectivity index (χ1v) is 11.8. The number of rotatable bonds is 6. The summed E-state index contributed by atoms with van der Waals surface area (Å²) >= 11 is 1.62. The van der Waals surface area contributed by atoms with Crippen LogP contribution in [0, 0.1) is 13.8 Å². The van der Waals surface area contributed by atoms with Gasteiger partial charge < -0.3 is 10.0 Å². The number of amides is 1. The maximum absolute atomic E-state index is 13.3. The summed E-state index contributed by atoms with van der Waals surface area (Å²) in [7, 11) is 0. The zero-order chi connectivity index (χ0) is 22.9. The molecule has 2 heterocycles. The van der Waals surface area contributed by atoms with Crippen molar-refractivity contribution in [3.05, 3.63) is 76.4 Å². The van der Waals surface area contributed by atoms with Crippen LogP contribution in [0.25, 0.3) is 10.4 Å². The third-order valence-corrected chi connectivity index (χ3v) is 7.31. The number of thiazole rings is 1. The topological polar surface area (TPSA) is 70.5 Å². The number of Topliss-reactive ketones (excluding diaryl/α,β-unsaturated/α-hetero) is 1. The minimum absolute atomic E-state index is 0.0163. The summed E-state index contributed by atoms with van der Waals surface area (Å²) in [4.78, 5) is 33.5. The van der Waals surface area contributed by atoms with Crippen LogP contribution >= 0.6 is 11.3 Å². The predicted octanol–water partition coefficient (Wildman–Crippen LogP) is 4.59. The van der Waals surface area contributed by atoms with Crippen molar-refractivity contribution in [3.8, 4) is 10.4 Å². The fraction of sp³-hybridized carbons (Fsp3) is 0.346. The smallest absolute Gasteiger partial charge is 0.254 e. The Kier molecular flexibility index (Phi) is 6.26. The molecule has 2 atom stereocenters. The highest BCUT2D eigenvalue weighted by Crippen LogP contribution is 2.33. The zero-order valence-corrected chi connectivity index (χ0v) is 19.5. The summed E-state index contributed by atoms with van der Waals surface area (Å²) in [5, 5.41) is 10.3. The quantitative estimate of drug-likeness (QED) is 0.599. The van der Waals surface area contributed by atoms with Gasteiger partial charge in [-0.25, -0.2) is 4.98 Å². The van der Waals surface area contributed by atoms with E-state index in [1.54, 1.807) is 29.2 Å². The van der Waals surface area contributed by atoms with E-state index in [-0.39, 0.29) is 24.7 Å². The molecule has 5 nitrogen and oxygen atoms in total. The van der Waals surface area contributed by atoms with Crippen molar-refractivity contribution in [1.82, 2.24) is 9.88 Å². The third-order valence-electron chi connectivity index (χ3n) is 6.34. The molecule has 1 aromatic heterocycles. The Balaban J connectivity index is 1.46. The minimum Gasteiger partial charge on any atom is -0.391 e. The van der Waals surface area contributed by atoms with Crippen LogP contribution in [0.15, 0.2) is 54.0 Å². The molecule has 0 aliphatic carbocycles. The number of ketones is 1. The molecule has 1 fully saturated rings. The van der Waals surface area contributed by atoms with Crippen molar-refractivity contribution in [2.45, 2.75) is 51.7 Å². The van der Waals surface area contributed by atoms with E-state index in [2.05, 4.69) is 17.1 Å². The number of aromatic nitrogens is 1. The number of β-amino-alcohol motifs (C(OH)–C–C–N with tert-alkyl or cyclic N) is 1. The lowest BCUT2D eigenvalue weighted by Gasteiger charge is -2.34. The second-order valence-electron chi connectivity index (χ2n) is 8.80. The van der Waals surface area contributed by atoms with Crippen molar-refractivity contribution in [3.63, 3.8) is 0 Å². The van der Waals surface area contributed by atoms with Crippen LogP contribution in [0.3, 0.4) is 0 Å². The summed E-state index contributed by atoms with van der Waals surface area (Å²) < 4.78 is 0. The molecular formula is C26H28N2O3S. The van der Waals surface area contributed by atoms with Crippen molar-refractivity contribution in [2.75, 3.05) is 6.54 Å². The number of nitrogens with zero attached hydrogens (tertiary/aromatic N) is 2. The lowest BCUT2D eigenvalue weighted by atomic mass is 9.88. The second kappa shape index (κ2) is 8.96. The summed E-state index contributed by atoms with van der Waals surface area (Å²) in [6, 6.07) is 15.6. The molecule has 1 N–H and O–H groups in total. The van der Waals surface area contributed by atoms with Gasteiger partial charge >= 0.3 is 0 Å².